The van der Waals surface area contributed by atoms with E-state index in [0.29, 0.717) is 0 Å². The Kier molecular flexibility index (Phi) is 3.13. The van der Waals surface area contributed by atoms with Crippen molar-refractivity contribution in [2.24, 2.45) is 0 Å². The average Bonchev–Trinajstić information content (AvgIpc) is 2.93. The molecular weight excluding hydrogens is 241 g/mol. The lowest BCUT2D eigenvalue weighted by Crippen LogP contribution is -2.39. The molecule has 0 bridgehead atoms. The molecule has 1 amide bonds. The molecule has 1 aromatic carbocycles. The minimum atomic E-state index is -0.222. The summed E-state index contributed by atoms with van der Waals surface area (Å²) in [6.45, 7) is 2.72. The SMILES string of the molecule is CC1c2cc(F)ccc2CCN1C(=O)C1=CCCC1. The maximum absolute atomic E-state index is 13.4. The first-order valence-corrected chi connectivity index (χ1v) is 6.95. The highest BCUT2D eigenvalue weighted by molar-refractivity contribution is 5.94. The van der Waals surface area contributed by atoms with Gasteiger partial charge in [0.25, 0.3) is 0 Å². The molecule has 3 rings (SSSR count). The lowest BCUT2D eigenvalue weighted by Gasteiger charge is -2.35. The summed E-state index contributed by atoms with van der Waals surface area (Å²) in [5.41, 5.74) is 3.06. The number of benzene rings is 1. The smallest absolute Gasteiger partial charge is 0.249 e. The minimum absolute atomic E-state index is 0.0338. The van der Waals surface area contributed by atoms with Crippen LogP contribution in [0.25, 0.3) is 0 Å². The Hall–Kier alpha value is -1.64. The maximum atomic E-state index is 13.4. The number of amides is 1. The van der Waals surface area contributed by atoms with Crippen LogP contribution in [-0.2, 0) is 11.2 Å². The molecule has 1 atom stereocenters. The molecule has 0 spiro atoms. The monoisotopic (exact) mass is 259 g/mol. The van der Waals surface area contributed by atoms with Gasteiger partial charge in [0.05, 0.1) is 6.04 Å². The van der Waals surface area contributed by atoms with Gasteiger partial charge in [0.1, 0.15) is 5.82 Å². The molecule has 2 nitrogen and oxygen atoms in total. The zero-order chi connectivity index (χ0) is 13.4. The first kappa shape index (κ1) is 12.4. The fourth-order valence-electron chi connectivity index (χ4n) is 3.11. The second-order valence-corrected chi connectivity index (χ2v) is 5.39. The highest BCUT2D eigenvalue weighted by Gasteiger charge is 2.29. The van der Waals surface area contributed by atoms with Crippen molar-refractivity contribution >= 4 is 5.91 Å². The Morgan fingerprint density at radius 2 is 2.21 bits per heavy atom. The number of fused-ring (bicyclic) bond motifs is 1. The fourth-order valence-corrected chi connectivity index (χ4v) is 3.11. The number of nitrogens with zero attached hydrogens (tertiary/aromatic N) is 1. The largest absolute Gasteiger partial charge is 0.332 e. The first-order chi connectivity index (χ1) is 9.16. The lowest BCUT2D eigenvalue weighted by atomic mass is 9.93. The molecule has 1 unspecified atom stereocenters. The van der Waals surface area contributed by atoms with Crippen molar-refractivity contribution in [2.75, 3.05) is 6.54 Å². The van der Waals surface area contributed by atoms with E-state index in [2.05, 4.69) is 6.08 Å². The van der Waals surface area contributed by atoms with Gasteiger partial charge in [-0.3, -0.25) is 4.79 Å². The molecule has 0 N–H and O–H groups in total. The summed E-state index contributed by atoms with van der Waals surface area (Å²) in [5.74, 6) is -0.0834. The highest BCUT2D eigenvalue weighted by Crippen LogP contribution is 2.32. The zero-order valence-corrected chi connectivity index (χ0v) is 11.2. The summed E-state index contributed by atoms with van der Waals surface area (Å²) in [7, 11) is 0. The van der Waals surface area contributed by atoms with Gasteiger partial charge >= 0.3 is 0 Å². The predicted octanol–water partition coefficient (Wildman–Crippen LogP) is 3.38. The molecule has 0 saturated carbocycles. The molecule has 1 aliphatic heterocycles. The van der Waals surface area contributed by atoms with Crippen LogP contribution in [0.4, 0.5) is 4.39 Å². The van der Waals surface area contributed by atoms with Crippen molar-refractivity contribution in [3.05, 3.63) is 46.8 Å². The van der Waals surface area contributed by atoms with Gasteiger partial charge in [0.15, 0.2) is 0 Å². The third kappa shape index (κ3) is 2.18. The number of rotatable bonds is 1. The summed E-state index contributed by atoms with van der Waals surface area (Å²) >= 11 is 0. The average molecular weight is 259 g/mol. The molecule has 2 aliphatic rings. The van der Waals surface area contributed by atoms with Crippen molar-refractivity contribution in [2.45, 2.75) is 38.6 Å². The fraction of sp³-hybridized carbons (Fsp3) is 0.438. The van der Waals surface area contributed by atoms with Gasteiger partial charge in [-0.15, -0.1) is 0 Å². The summed E-state index contributed by atoms with van der Waals surface area (Å²) in [5, 5.41) is 0. The Morgan fingerprint density at radius 3 is 2.95 bits per heavy atom. The number of allylic oxidation sites excluding steroid dienone is 1. The number of hydrogen-bond acceptors (Lipinski definition) is 1. The summed E-state index contributed by atoms with van der Waals surface area (Å²) in [4.78, 5) is 14.4. The predicted molar refractivity (Wildman–Crippen MR) is 72.2 cm³/mol. The molecule has 0 fully saturated rings. The van der Waals surface area contributed by atoms with Gasteiger partial charge in [0.2, 0.25) is 5.91 Å². The van der Waals surface area contributed by atoms with E-state index in [1.807, 2.05) is 17.9 Å². The summed E-state index contributed by atoms with van der Waals surface area (Å²) < 4.78 is 13.4. The first-order valence-electron chi connectivity index (χ1n) is 6.95. The standard InChI is InChI=1S/C16H18FNO/c1-11-15-10-14(17)7-6-12(15)8-9-18(11)16(19)13-4-2-3-5-13/h4,6-7,10-11H,2-3,5,8-9H2,1H3. The summed E-state index contributed by atoms with van der Waals surface area (Å²) in [6.07, 6.45) is 5.84. The van der Waals surface area contributed by atoms with Crippen LogP contribution < -0.4 is 0 Å². The van der Waals surface area contributed by atoms with E-state index < -0.39 is 0 Å². The minimum Gasteiger partial charge on any atom is -0.332 e. The maximum Gasteiger partial charge on any atom is 0.249 e. The number of hydrogen-bond donors (Lipinski definition) is 0. The zero-order valence-electron chi connectivity index (χ0n) is 11.2. The summed E-state index contributed by atoms with van der Waals surface area (Å²) in [6, 6.07) is 4.89. The number of halogens is 1. The van der Waals surface area contributed by atoms with Crippen LogP contribution in [0.3, 0.4) is 0 Å². The Balaban J connectivity index is 1.88. The molecule has 1 aromatic rings. The van der Waals surface area contributed by atoms with E-state index in [-0.39, 0.29) is 17.8 Å². The van der Waals surface area contributed by atoms with E-state index in [1.54, 1.807) is 6.07 Å². The van der Waals surface area contributed by atoms with Gasteiger partial charge in [-0.1, -0.05) is 12.1 Å². The van der Waals surface area contributed by atoms with Crippen LogP contribution >= 0.6 is 0 Å². The van der Waals surface area contributed by atoms with Crippen molar-refractivity contribution < 1.29 is 9.18 Å². The Morgan fingerprint density at radius 1 is 1.37 bits per heavy atom. The van der Waals surface area contributed by atoms with Gasteiger partial charge in [-0.05, 0) is 55.9 Å². The van der Waals surface area contributed by atoms with Gasteiger partial charge in [-0.25, -0.2) is 4.39 Å². The Bertz CT molecular complexity index is 550. The van der Waals surface area contributed by atoms with E-state index in [0.717, 1.165) is 43.4 Å². The Labute approximate surface area is 112 Å². The van der Waals surface area contributed by atoms with Crippen LogP contribution in [0.15, 0.2) is 29.8 Å². The molecular formula is C16H18FNO. The highest BCUT2D eigenvalue weighted by atomic mass is 19.1. The van der Waals surface area contributed by atoms with Gasteiger partial charge in [-0.2, -0.15) is 0 Å². The van der Waals surface area contributed by atoms with Crippen LogP contribution in [0.5, 0.6) is 0 Å². The normalized spacial score (nSPS) is 22.1. The van der Waals surface area contributed by atoms with E-state index in [4.69, 9.17) is 0 Å². The van der Waals surface area contributed by atoms with Crippen LogP contribution in [0, 0.1) is 5.82 Å². The molecule has 0 aromatic heterocycles. The molecule has 0 saturated heterocycles. The quantitative estimate of drug-likeness (QED) is 0.757. The molecule has 3 heteroatoms. The van der Waals surface area contributed by atoms with Crippen LogP contribution in [-0.4, -0.2) is 17.4 Å². The molecule has 19 heavy (non-hydrogen) atoms. The van der Waals surface area contributed by atoms with Crippen molar-refractivity contribution in [3.63, 3.8) is 0 Å². The second-order valence-electron chi connectivity index (χ2n) is 5.39. The molecule has 100 valence electrons. The van der Waals surface area contributed by atoms with Gasteiger partial charge in [0, 0.05) is 12.1 Å². The third-order valence-corrected chi connectivity index (χ3v) is 4.22. The topological polar surface area (TPSA) is 20.3 Å². The molecule has 1 aliphatic carbocycles. The van der Waals surface area contributed by atoms with E-state index in [9.17, 15) is 9.18 Å². The number of carbonyl (C=O) groups is 1. The molecule has 0 radical (unpaired) electrons. The van der Waals surface area contributed by atoms with Crippen molar-refractivity contribution in [1.82, 2.24) is 4.90 Å². The second kappa shape index (κ2) is 4.80. The third-order valence-electron chi connectivity index (χ3n) is 4.22. The van der Waals surface area contributed by atoms with Gasteiger partial charge < -0.3 is 4.90 Å². The lowest BCUT2D eigenvalue weighted by molar-refractivity contribution is -0.129. The van der Waals surface area contributed by atoms with Crippen LogP contribution in [0.2, 0.25) is 0 Å². The van der Waals surface area contributed by atoms with Crippen molar-refractivity contribution in [1.29, 1.82) is 0 Å². The van der Waals surface area contributed by atoms with E-state index in [1.165, 1.54) is 11.6 Å². The van der Waals surface area contributed by atoms with Crippen LogP contribution in [0.1, 0.15) is 43.4 Å². The molecule has 1 heterocycles. The van der Waals surface area contributed by atoms with E-state index >= 15 is 0 Å². The number of carbonyl (C=O) groups excluding carboxylic acids is 1. The van der Waals surface area contributed by atoms with Crippen molar-refractivity contribution in [3.8, 4) is 0 Å².